The Kier molecular flexibility index (Phi) is 5.83. The Balaban J connectivity index is 0. The molecule has 0 aromatic heterocycles. The molecule has 0 bridgehead atoms. The maximum atomic E-state index is 9.41. The minimum Gasteiger partial charge on any atom is -0.547 e. The van der Waals surface area contributed by atoms with Crippen molar-refractivity contribution in [2.24, 2.45) is 0 Å². The Morgan fingerprint density at radius 1 is 1.75 bits per heavy atom. The topological polar surface area (TPSA) is 117 Å². The van der Waals surface area contributed by atoms with E-state index in [1.165, 1.54) is 0 Å². The van der Waals surface area contributed by atoms with Crippen molar-refractivity contribution in [2.75, 3.05) is 6.61 Å². The number of quaternary nitrogens is 1. The number of carbonyl (C=O) groups is 1. The maximum absolute atomic E-state index is 9.41. The monoisotopic (exact) mass is 123 g/mol. The second-order valence-corrected chi connectivity index (χ2v) is 1.02. The van der Waals surface area contributed by atoms with Gasteiger partial charge in [-0.25, -0.2) is 0 Å². The molecular formula is C3H9NO4. The Hall–Kier alpha value is -0.650. The van der Waals surface area contributed by atoms with Gasteiger partial charge in [-0.1, -0.05) is 0 Å². The number of rotatable bonds is 2. The molecule has 0 spiro atoms. The van der Waals surface area contributed by atoms with Crippen molar-refractivity contribution < 1.29 is 20.1 Å². The van der Waals surface area contributed by atoms with Gasteiger partial charge in [0.1, 0.15) is 6.10 Å². The van der Waals surface area contributed by atoms with Crippen LogP contribution in [0.15, 0.2) is 0 Å². The summed E-state index contributed by atoms with van der Waals surface area (Å²) in [6.07, 6.45) is -1.74. The Bertz CT molecular complexity index is 73.7. The summed E-state index contributed by atoms with van der Waals surface area (Å²) >= 11 is 0. The molecule has 5 heteroatoms. The smallest absolute Gasteiger partial charge is 0.116 e. The van der Waals surface area contributed by atoms with E-state index in [1.54, 1.807) is 0 Å². The van der Waals surface area contributed by atoms with Crippen molar-refractivity contribution in [1.29, 1.82) is 0 Å². The zero-order valence-electron chi connectivity index (χ0n) is 4.50. The predicted octanol–water partition coefficient (Wildman–Crippen LogP) is -2.53. The molecule has 0 fully saturated rings. The number of aliphatic hydroxyl groups excluding tert-OH is 2. The molecule has 5 nitrogen and oxygen atoms in total. The van der Waals surface area contributed by atoms with Gasteiger partial charge in [0, 0.05) is 0 Å². The minimum atomic E-state index is -1.74. The van der Waals surface area contributed by atoms with Gasteiger partial charge in [-0.2, -0.15) is 0 Å². The standard InChI is InChI=1S/C3H6O4.H3N/c4-1-2(5)3(6)7;/h2,4-5H,1H2,(H,6,7);1H3/t2-;/m1./s1. The molecule has 1 atom stereocenters. The van der Waals surface area contributed by atoms with Gasteiger partial charge in [-0.3, -0.25) is 0 Å². The van der Waals surface area contributed by atoms with Crippen molar-refractivity contribution in [2.45, 2.75) is 6.10 Å². The predicted molar refractivity (Wildman–Crippen MR) is 24.1 cm³/mol. The molecule has 0 saturated heterocycles. The summed E-state index contributed by atoms with van der Waals surface area (Å²) in [5.41, 5.74) is 0. The number of aliphatic hydroxyl groups is 2. The molecule has 0 saturated carbocycles. The molecule has 0 aliphatic heterocycles. The van der Waals surface area contributed by atoms with E-state index in [1.807, 2.05) is 0 Å². The zero-order valence-corrected chi connectivity index (χ0v) is 4.50. The van der Waals surface area contributed by atoms with E-state index in [2.05, 4.69) is 0 Å². The summed E-state index contributed by atoms with van der Waals surface area (Å²) in [6, 6.07) is 0. The van der Waals surface area contributed by atoms with Gasteiger partial charge in [-0.15, -0.1) is 0 Å². The van der Waals surface area contributed by atoms with E-state index in [9.17, 15) is 9.90 Å². The Morgan fingerprint density at radius 2 is 2.12 bits per heavy atom. The highest BCUT2D eigenvalue weighted by atomic mass is 16.4. The lowest BCUT2D eigenvalue weighted by molar-refractivity contribution is -0.315. The lowest BCUT2D eigenvalue weighted by Crippen LogP contribution is -2.37. The summed E-state index contributed by atoms with van der Waals surface area (Å²) in [5, 5.41) is 25.3. The first kappa shape index (κ1) is 10.4. The van der Waals surface area contributed by atoms with Crippen LogP contribution in [0.25, 0.3) is 0 Å². The SMILES string of the molecule is O=C([O-])[C@H](O)CO.[NH4+]. The molecule has 0 heterocycles. The fourth-order valence-corrected chi connectivity index (χ4v) is 0.0745. The van der Waals surface area contributed by atoms with Crippen molar-refractivity contribution in [3.63, 3.8) is 0 Å². The number of hydrogen-bond donors (Lipinski definition) is 3. The average Bonchev–Trinajstić information content (AvgIpc) is 1.65. The van der Waals surface area contributed by atoms with Crippen LogP contribution >= 0.6 is 0 Å². The van der Waals surface area contributed by atoms with Crippen molar-refractivity contribution in [3.8, 4) is 0 Å². The molecule has 6 N–H and O–H groups in total. The number of carbonyl (C=O) groups excluding carboxylic acids is 1. The van der Waals surface area contributed by atoms with Crippen LogP contribution in [0.2, 0.25) is 0 Å². The second kappa shape index (κ2) is 4.51. The van der Waals surface area contributed by atoms with Gasteiger partial charge in [0.25, 0.3) is 0 Å². The van der Waals surface area contributed by atoms with Gasteiger partial charge < -0.3 is 26.3 Å². The normalized spacial score (nSPS) is 11.8. The third-order valence-electron chi connectivity index (χ3n) is 0.445. The molecule has 0 radical (unpaired) electrons. The first-order valence-corrected chi connectivity index (χ1v) is 1.68. The first-order valence-electron chi connectivity index (χ1n) is 1.68. The van der Waals surface area contributed by atoms with Gasteiger partial charge in [0.05, 0.1) is 12.6 Å². The summed E-state index contributed by atoms with van der Waals surface area (Å²) < 4.78 is 0. The van der Waals surface area contributed by atoms with Crippen LogP contribution < -0.4 is 11.3 Å². The van der Waals surface area contributed by atoms with Crippen LogP contribution in [0.1, 0.15) is 0 Å². The number of aliphatic carboxylic acids is 1. The second-order valence-electron chi connectivity index (χ2n) is 1.02. The van der Waals surface area contributed by atoms with E-state index in [4.69, 9.17) is 10.2 Å². The fraction of sp³-hybridized carbons (Fsp3) is 0.667. The zero-order chi connectivity index (χ0) is 5.86. The van der Waals surface area contributed by atoms with Crippen LogP contribution in [-0.4, -0.2) is 28.9 Å². The summed E-state index contributed by atoms with van der Waals surface area (Å²) in [6.45, 7) is -0.789. The summed E-state index contributed by atoms with van der Waals surface area (Å²) in [4.78, 5) is 9.41. The van der Waals surface area contributed by atoms with Crippen LogP contribution in [-0.2, 0) is 4.79 Å². The molecule has 0 rings (SSSR count). The van der Waals surface area contributed by atoms with Crippen molar-refractivity contribution in [1.82, 2.24) is 6.15 Å². The average molecular weight is 123 g/mol. The molecule has 50 valence electrons. The third-order valence-corrected chi connectivity index (χ3v) is 0.445. The Morgan fingerprint density at radius 3 is 2.12 bits per heavy atom. The maximum Gasteiger partial charge on any atom is 0.116 e. The highest BCUT2D eigenvalue weighted by molar-refractivity contribution is 5.69. The molecule has 0 unspecified atom stereocenters. The highest BCUT2D eigenvalue weighted by Crippen LogP contribution is 1.72. The van der Waals surface area contributed by atoms with Gasteiger partial charge >= 0.3 is 0 Å². The molecule has 0 aromatic carbocycles. The van der Waals surface area contributed by atoms with Crippen molar-refractivity contribution >= 4 is 5.97 Å². The molecular weight excluding hydrogens is 114 g/mol. The Labute approximate surface area is 46.1 Å². The molecule has 0 amide bonds. The van der Waals surface area contributed by atoms with E-state index < -0.39 is 18.7 Å². The molecule has 0 aliphatic rings. The quantitative estimate of drug-likeness (QED) is 0.375. The van der Waals surface area contributed by atoms with E-state index >= 15 is 0 Å². The number of hydrogen-bond acceptors (Lipinski definition) is 4. The third kappa shape index (κ3) is 3.54. The van der Waals surface area contributed by atoms with E-state index in [0.717, 1.165) is 0 Å². The molecule has 0 aromatic rings. The molecule has 0 aliphatic carbocycles. The highest BCUT2D eigenvalue weighted by Gasteiger charge is 1.98. The van der Waals surface area contributed by atoms with E-state index in [-0.39, 0.29) is 6.15 Å². The number of carboxylic acid groups (broad SMARTS) is 1. The van der Waals surface area contributed by atoms with Crippen LogP contribution in [0, 0.1) is 0 Å². The minimum absolute atomic E-state index is 0. The van der Waals surface area contributed by atoms with Gasteiger partial charge in [-0.05, 0) is 0 Å². The van der Waals surface area contributed by atoms with Crippen LogP contribution in [0.4, 0.5) is 0 Å². The van der Waals surface area contributed by atoms with Crippen LogP contribution in [0.5, 0.6) is 0 Å². The van der Waals surface area contributed by atoms with Crippen LogP contribution in [0.3, 0.4) is 0 Å². The van der Waals surface area contributed by atoms with Gasteiger partial charge in [0.15, 0.2) is 0 Å². The first-order chi connectivity index (χ1) is 3.18. The fourth-order valence-electron chi connectivity index (χ4n) is 0.0745. The summed E-state index contributed by atoms with van der Waals surface area (Å²) in [7, 11) is 0. The molecule has 8 heavy (non-hydrogen) atoms. The number of carboxylic acids is 1. The van der Waals surface area contributed by atoms with Gasteiger partial charge in [0.2, 0.25) is 0 Å². The lowest BCUT2D eigenvalue weighted by Gasteiger charge is -2.04. The summed E-state index contributed by atoms with van der Waals surface area (Å²) in [5.74, 6) is -1.65. The van der Waals surface area contributed by atoms with E-state index in [0.29, 0.717) is 0 Å². The lowest BCUT2D eigenvalue weighted by atomic mass is 10.4. The van der Waals surface area contributed by atoms with Crippen molar-refractivity contribution in [3.05, 3.63) is 0 Å². The largest absolute Gasteiger partial charge is 0.547 e.